The first-order valence-corrected chi connectivity index (χ1v) is 11.2. The molecule has 0 spiro atoms. The van der Waals surface area contributed by atoms with Crippen molar-refractivity contribution in [3.8, 4) is 6.01 Å². The molecule has 0 atom stereocenters. The molecule has 1 aromatic carbocycles. The third-order valence-corrected chi connectivity index (χ3v) is 4.75. The monoisotopic (exact) mass is 432 g/mol. The Kier molecular flexibility index (Phi) is 8.98. The Hall–Kier alpha value is -3.48. The summed E-state index contributed by atoms with van der Waals surface area (Å²) in [6, 6.07) is 16.3. The number of rotatable bonds is 12. The van der Waals surface area contributed by atoms with Crippen molar-refractivity contribution in [3.05, 3.63) is 71.5 Å². The van der Waals surface area contributed by atoms with E-state index < -0.39 is 0 Å². The summed E-state index contributed by atoms with van der Waals surface area (Å²) in [5, 5.41) is 4.37. The van der Waals surface area contributed by atoms with Gasteiger partial charge in [0.2, 0.25) is 0 Å². The van der Waals surface area contributed by atoms with Gasteiger partial charge in [-0.1, -0.05) is 49.7 Å². The highest BCUT2D eigenvalue weighted by molar-refractivity contribution is 5.80. The Morgan fingerprint density at radius 2 is 1.88 bits per heavy atom. The number of anilines is 2. The molecule has 1 N–H and O–H groups in total. The number of hydrogen-bond donors (Lipinski definition) is 1. The molecule has 0 aliphatic carbocycles. The van der Waals surface area contributed by atoms with E-state index in [0.717, 1.165) is 43.0 Å². The van der Waals surface area contributed by atoms with Crippen molar-refractivity contribution in [2.75, 3.05) is 30.0 Å². The molecular weight excluding hydrogens is 400 g/mol. The van der Waals surface area contributed by atoms with Crippen LogP contribution in [0.25, 0.3) is 0 Å². The largest absolute Gasteiger partial charge is 0.463 e. The lowest BCUT2D eigenvalue weighted by Crippen LogP contribution is -2.26. The fourth-order valence-electron chi connectivity index (χ4n) is 3.29. The normalized spacial score (nSPS) is 11.0. The van der Waals surface area contributed by atoms with E-state index in [0.29, 0.717) is 24.9 Å². The summed E-state index contributed by atoms with van der Waals surface area (Å²) in [7, 11) is 0. The molecule has 0 aliphatic heterocycles. The Morgan fingerprint density at radius 1 is 1.03 bits per heavy atom. The van der Waals surface area contributed by atoms with Crippen LogP contribution < -0.4 is 15.1 Å². The predicted octanol–water partition coefficient (Wildman–Crippen LogP) is 4.87. The minimum Gasteiger partial charge on any atom is -0.463 e. The fraction of sp³-hybridized carbons (Fsp3) is 0.360. The topological polar surface area (TPSA) is 75.5 Å². The molecule has 3 aromatic rings. The second-order valence-corrected chi connectivity index (χ2v) is 7.58. The first-order chi connectivity index (χ1) is 15.7. The number of aromatic nitrogens is 3. The number of pyridine rings is 1. The minimum atomic E-state index is 0.337. The predicted molar refractivity (Wildman–Crippen MR) is 131 cm³/mol. The van der Waals surface area contributed by atoms with Crippen molar-refractivity contribution in [2.45, 2.75) is 40.0 Å². The zero-order chi connectivity index (χ0) is 22.6. The molecule has 3 rings (SSSR count). The Balaban J connectivity index is 1.75. The SMILES string of the molecule is CCCN(CCC)c1cc(N/N=C/c2cccc(C)c2)nc(OCCc2ccccn2)n1. The van der Waals surface area contributed by atoms with Crippen LogP contribution in [0.3, 0.4) is 0 Å². The van der Waals surface area contributed by atoms with Crippen LogP contribution in [0.15, 0.2) is 59.8 Å². The smallest absolute Gasteiger partial charge is 0.320 e. The van der Waals surface area contributed by atoms with Gasteiger partial charge in [-0.2, -0.15) is 15.1 Å². The fourth-order valence-corrected chi connectivity index (χ4v) is 3.29. The van der Waals surface area contributed by atoms with E-state index in [1.165, 1.54) is 5.56 Å². The number of hydrazone groups is 1. The molecule has 0 saturated heterocycles. The summed E-state index contributed by atoms with van der Waals surface area (Å²) in [5.41, 5.74) is 6.23. The van der Waals surface area contributed by atoms with Crippen molar-refractivity contribution in [2.24, 2.45) is 5.10 Å². The molecule has 2 heterocycles. The zero-order valence-corrected chi connectivity index (χ0v) is 19.2. The molecule has 0 unspecified atom stereocenters. The number of benzene rings is 1. The molecule has 7 heteroatoms. The molecule has 168 valence electrons. The number of aryl methyl sites for hydroxylation is 1. The molecule has 0 fully saturated rings. The summed E-state index contributed by atoms with van der Waals surface area (Å²) in [5.74, 6) is 1.44. The van der Waals surface area contributed by atoms with Gasteiger partial charge in [-0.05, 0) is 37.5 Å². The lowest BCUT2D eigenvalue weighted by Gasteiger charge is -2.23. The highest BCUT2D eigenvalue weighted by atomic mass is 16.5. The second kappa shape index (κ2) is 12.4. The molecule has 7 nitrogen and oxygen atoms in total. The van der Waals surface area contributed by atoms with Crippen LogP contribution in [0.5, 0.6) is 6.01 Å². The second-order valence-electron chi connectivity index (χ2n) is 7.58. The Morgan fingerprint density at radius 3 is 2.59 bits per heavy atom. The van der Waals surface area contributed by atoms with Crippen molar-refractivity contribution in [3.63, 3.8) is 0 Å². The van der Waals surface area contributed by atoms with Crippen LogP contribution in [0.4, 0.5) is 11.6 Å². The van der Waals surface area contributed by atoms with Gasteiger partial charge >= 0.3 is 6.01 Å². The van der Waals surface area contributed by atoms with Crippen molar-refractivity contribution in [1.82, 2.24) is 15.0 Å². The number of nitrogens with zero attached hydrogens (tertiary/aromatic N) is 5. The van der Waals surface area contributed by atoms with Gasteiger partial charge in [0.1, 0.15) is 5.82 Å². The van der Waals surface area contributed by atoms with E-state index in [2.05, 4.69) is 63.3 Å². The highest BCUT2D eigenvalue weighted by Gasteiger charge is 2.12. The molecular formula is C25H32N6O. The van der Waals surface area contributed by atoms with E-state index in [-0.39, 0.29) is 0 Å². The van der Waals surface area contributed by atoms with Gasteiger partial charge in [0, 0.05) is 37.5 Å². The number of ether oxygens (including phenoxy) is 1. The lowest BCUT2D eigenvalue weighted by atomic mass is 10.2. The van der Waals surface area contributed by atoms with Crippen LogP contribution in [0, 0.1) is 6.92 Å². The lowest BCUT2D eigenvalue weighted by molar-refractivity contribution is 0.295. The number of hydrogen-bond acceptors (Lipinski definition) is 7. The average molecular weight is 433 g/mol. The van der Waals surface area contributed by atoms with E-state index in [1.54, 1.807) is 12.4 Å². The maximum atomic E-state index is 5.90. The molecule has 0 bridgehead atoms. The standard InChI is InChI=1S/C25H32N6O/c1-4-14-31(15-5-2)24-18-23(30-27-19-21-10-8-9-20(3)17-21)28-25(29-24)32-16-12-22-11-6-7-13-26-22/h6-11,13,17-19H,4-5,12,14-16H2,1-3H3,(H,28,29,30)/b27-19+. The van der Waals surface area contributed by atoms with E-state index in [9.17, 15) is 0 Å². The summed E-state index contributed by atoms with van der Waals surface area (Å²) >= 11 is 0. The van der Waals surface area contributed by atoms with Crippen molar-refractivity contribution < 1.29 is 4.74 Å². The van der Waals surface area contributed by atoms with Crippen LogP contribution >= 0.6 is 0 Å². The van der Waals surface area contributed by atoms with Crippen LogP contribution in [0.1, 0.15) is 43.5 Å². The van der Waals surface area contributed by atoms with Gasteiger partial charge in [0.05, 0.1) is 12.8 Å². The van der Waals surface area contributed by atoms with Gasteiger partial charge in [0.25, 0.3) is 0 Å². The van der Waals surface area contributed by atoms with Crippen LogP contribution in [0.2, 0.25) is 0 Å². The minimum absolute atomic E-state index is 0.337. The molecule has 32 heavy (non-hydrogen) atoms. The van der Waals surface area contributed by atoms with E-state index >= 15 is 0 Å². The van der Waals surface area contributed by atoms with E-state index in [4.69, 9.17) is 4.74 Å². The van der Waals surface area contributed by atoms with E-state index in [1.807, 2.05) is 36.4 Å². The Bertz CT molecular complexity index is 987. The number of nitrogens with one attached hydrogen (secondary N) is 1. The molecule has 0 amide bonds. The van der Waals surface area contributed by atoms with Crippen molar-refractivity contribution in [1.29, 1.82) is 0 Å². The van der Waals surface area contributed by atoms with Crippen LogP contribution in [-0.4, -0.2) is 40.9 Å². The zero-order valence-electron chi connectivity index (χ0n) is 19.2. The van der Waals surface area contributed by atoms with Gasteiger partial charge in [-0.25, -0.2) is 0 Å². The molecule has 2 aromatic heterocycles. The van der Waals surface area contributed by atoms with Gasteiger partial charge in [-0.3, -0.25) is 10.4 Å². The quantitative estimate of drug-likeness (QED) is 0.325. The molecule has 0 aliphatic rings. The van der Waals surface area contributed by atoms with Gasteiger partial charge in [-0.15, -0.1) is 0 Å². The Labute approximate surface area is 190 Å². The summed E-state index contributed by atoms with van der Waals surface area (Å²) in [6.07, 6.45) is 6.33. The van der Waals surface area contributed by atoms with Gasteiger partial charge in [0.15, 0.2) is 5.82 Å². The van der Waals surface area contributed by atoms with Gasteiger partial charge < -0.3 is 9.64 Å². The summed E-state index contributed by atoms with van der Waals surface area (Å²) in [6.45, 7) is 8.69. The average Bonchev–Trinajstić information content (AvgIpc) is 2.80. The third kappa shape index (κ3) is 7.34. The maximum Gasteiger partial charge on any atom is 0.320 e. The molecule has 0 radical (unpaired) electrons. The third-order valence-electron chi connectivity index (χ3n) is 4.75. The van der Waals surface area contributed by atoms with Crippen LogP contribution in [-0.2, 0) is 6.42 Å². The maximum absolute atomic E-state index is 5.90. The molecule has 0 saturated carbocycles. The summed E-state index contributed by atoms with van der Waals surface area (Å²) < 4.78 is 5.90. The first kappa shape index (κ1) is 23.2. The van der Waals surface area contributed by atoms with Crippen molar-refractivity contribution >= 4 is 17.9 Å². The summed E-state index contributed by atoms with van der Waals surface area (Å²) in [4.78, 5) is 15.8. The first-order valence-electron chi connectivity index (χ1n) is 11.2. The highest BCUT2D eigenvalue weighted by Crippen LogP contribution is 2.20.